The molecule has 2 N–H and O–H groups in total. The number of aromatic nitrogens is 2. The van der Waals surface area contributed by atoms with Crippen LogP contribution in [0.3, 0.4) is 0 Å². The SMILES string of the molecule is CCc1nsc(SC(C)(C)CN)n1. The van der Waals surface area contributed by atoms with E-state index >= 15 is 0 Å². The minimum atomic E-state index is 0.0601. The Morgan fingerprint density at radius 2 is 2.23 bits per heavy atom. The van der Waals surface area contributed by atoms with Crippen LogP contribution in [0.25, 0.3) is 0 Å². The molecule has 13 heavy (non-hydrogen) atoms. The number of nitrogens with zero attached hydrogens (tertiary/aromatic N) is 2. The van der Waals surface area contributed by atoms with Crippen molar-refractivity contribution in [2.45, 2.75) is 36.3 Å². The smallest absolute Gasteiger partial charge is 0.170 e. The molecule has 0 bridgehead atoms. The lowest BCUT2D eigenvalue weighted by molar-refractivity contribution is 0.722. The number of aryl methyl sites for hydroxylation is 1. The molecule has 0 atom stereocenters. The lowest BCUT2D eigenvalue weighted by Crippen LogP contribution is -2.26. The molecule has 0 aliphatic heterocycles. The van der Waals surface area contributed by atoms with Crippen LogP contribution in [-0.2, 0) is 6.42 Å². The van der Waals surface area contributed by atoms with Crippen molar-refractivity contribution in [1.82, 2.24) is 9.36 Å². The van der Waals surface area contributed by atoms with Gasteiger partial charge in [0.15, 0.2) is 4.34 Å². The molecular formula is C8H15N3S2. The van der Waals surface area contributed by atoms with E-state index in [9.17, 15) is 0 Å². The van der Waals surface area contributed by atoms with Crippen LogP contribution >= 0.6 is 23.3 Å². The summed E-state index contributed by atoms with van der Waals surface area (Å²) in [4.78, 5) is 4.38. The van der Waals surface area contributed by atoms with Crippen molar-refractivity contribution < 1.29 is 0 Å². The first-order valence-electron chi connectivity index (χ1n) is 4.29. The summed E-state index contributed by atoms with van der Waals surface area (Å²) in [5, 5.41) is 0. The third kappa shape index (κ3) is 3.25. The first kappa shape index (κ1) is 10.9. The first-order chi connectivity index (χ1) is 6.07. The van der Waals surface area contributed by atoms with Gasteiger partial charge in [-0.2, -0.15) is 4.37 Å². The molecule has 0 aromatic carbocycles. The van der Waals surface area contributed by atoms with Crippen LogP contribution in [0.4, 0.5) is 0 Å². The molecule has 0 aliphatic rings. The van der Waals surface area contributed by atoms with E-state index in [1.807, 2.05) is 0 Å². The number of hydrogen-bond donors (Lipinski definition) is 1. The minimum Gasteiger partial charge on any atom is -0.329 e. The molecule has 0 saturated heterocycles. The van der Waals surface area contributed by atoms with E-state index in [-0.39, 0.29) is 4.75 Å². The predicted molar refractivity (Wildman–Crippen MR) is 58.3 cm³/mol. The van der Waals surface area contributed by atoms with Gasteiger partial charge in [-0.25, -0.2) is 4.98 Å². The topological polar surface area (TPSA) is 51.8 Å². The summed E-state index contributed by atoms with van der Waals surface area (Å²) >= 11 is 3.16. The van der Waals surface area contributed by atoms with E-state index < -0.39 is 0 Å². The van der Waals surface area contributed by atoms with Crippen molar-refractivity contribution in [1.29, 1.82) is 0 Å². The third-order valence-electron chi connectivity index (χ3n) is 1.62. The Morgan fingerprint density at radius 1 is 1.54 bits per heavy atom. The van der Waals surface area contributed by atoms with Gasteiger partial charge < -0.3 is 5.73 Å². The van der Waals surface area contributed by atoms with Gasteiger partial charge in [-0.15, -0.1) is 0 Å². The second-order valence-corrected chi connectivity index (χ2v) is 6.10. The predicted octanol–water partition coefficient (Wildman–Crippen LogP) is 1.93. The second-order valence-electron chi connectivity index (χ2n) is 3.40. The molecule has 3 nitrogen and oxygen atoms in total. The maximum Gasteiger partial charge on any atom is 0.170 e. The van der Waals surface area contributed by atoms with Crippen LogP contribution in [0.1, 0.15) is 26.6 Å². The average Bonchev–Trinajstić information content (AvgIpc) is 2.52. The zero-order valence-corrected chi connectivity index (χ0v) is 9.84. The number of rotatable bonds is 4. The molecule has 0 spiro atoms. The Kier molecular flexibility index (Phi) is 3.70. The molecule has 0 fully saturated rings. The fourth-order valence-electron chi connectivity index (χ4n) is 0.701. The Labute approximate surface area is 87.3 Å². The summed E-state index contributed by atoms with van der Waals surface area (Å²) in [5.74, 6) is 0.931. The van der Waals surface area contributed by atoms with E-state index in [1.54, 1.807) is 11.8 Å². The fraction of sp³-hybridized carbons (Fsp3) is 0.750. The summed E-state index contributed by atoms with van der Waals surface area (Å²) in [6.07, 6.45) is 0.903. The largest absolute Gasteiger partial charge is 0.329 e. The van der Waals surface area contributed by atoms with Gasteiger partial charge in [-0.3, -0.25) is 0 Å². The fourth-order valence-corrected chi connectivity index (χ4v) is 2.85. The average molecular weight is 217 g/mol. The van der Waals surface area contributed by atoms with Gasteiger partial charge in [0, 0.05) is 17.7 Å². The van der Waals surface area contributed by atoms with E-state index in [0.29, 0.717) is 6.54 Å². The molecule has 1 heterocycles. The van der Waals surface area contributed by atoms with Gasteiger partial charge in [0.2, 0.25) is 0 Å². The number of nitrogens with two attached hydrogens (primary N) is 1. The van der Waals surface area contributed by atoms with E-state index in [1.165, 1.54) is 11.5 Å². The Bertz CT molecular complexity index is 270. The Hall–Kier alpha value is -0.130. The van der Waals surface area contributed by atoms with E-state index in [0.717, 1.165) is 16.6 Å². The van der Waals surface area contributed by atoms with Gasteiger partial charge in [0.25, 0.3) is 0 Å². The van der Waals surface area contributed by atoms with Crippen LogP contribution in [0.2, 0.25) is 0 Å². The summed E-state index contributed by atoms with van der Waals surface area (Å²) < 4.78 is 5.30. The van der Waals surface area contributed by atoms with Gasteiger partial charge in [-0.1, -0.05) is 18.7 Å². The van der Waals surface area contributed by atoms with Gasteiger partial charge in [0.1, 0.15) is 5.82 Å². The van der Waals surface area contributed by atoms with Crippen molar-refractivity contribution in [2.24, 2.45) is 5.73 Å². The minimum absolute atomic E-state index is 0.0601. The lowest BCUT2D eigenvalue weighted by Gasteiger charge is -2.18. The van der Waals surface area contributed by atoms with Crippen LogP contribution in [0.5, 0.6) is 0 Å². The summed E-state index contributed by atoms with van der Waals surface area (Å²) in [5.41, 5.74) is 5.63. The first-order valence-corrected chi connectivity index (χ1v) is 5.88. The Morgan fingerprint density at radius 3 is 2.69 bits per heavy atom. The van der Waals surface area contributed by atoms with Crippen molar-refractivity contribution in [3.05, 3.63) is 5.82 Å². The highest BCUT2D eigenvalue weighted by atomic mass is 32.2. The third-order valence-corrected chi connectivity index (χ3v) is 3.63. The van der Waals surface area contributed by atoms with Gasteiger partial charge in [-0.05, 0) is 25.4 Å². The number of hydrogen-bond acceptors (Lipinski definition) is 5. The highest BCUT2D eigenvalue weighted by Crippen LogP contribution is 2.32. The van der Waals surface area contributed by atoms with Gasteiger partial charge in [0.05, 0.1) is 0 Å². The lowest BCUT2D eigenvalue weighted by atomic mass is 10.2. The summed E-state index contributed by atoms with van der Waals surface area (Å²) in [6, 6.07) is 0. The molecular weight excluding hydrogens is 202 g/mol. The molecule has 74 valence electrons. The summed E-state index contributed by atoms with van der Waals surface area (Å²) in [6.45, 7) is 6.94. The number of thioether (sulfide) groups is 1. The molecule has 0 radical (unpaired) electrons. The zero-order chi connectivity index (χ0) is 9.90. The second kappa shape index (κ2) is 4.39. The maximum absolute atomic E-state index is 5.63. The monoisotopic (exact) mass is 217 g/mol. The molecule has 1 aromatic heterocycles. The van der Waals surface area contributed by atoms with E-state index in [4.69, 9.17) is 5.73 Å². The van der Waals surface area contributed by atoms with Crippen LogP contribution in [0.15, 0.2) is 4.34 Å². The van der Waals surface area contributed by atoms with Gasteiger partial charge >= 0.3 is 0 Å². The van der Waals surface area contributed by atoms with Crippen molar-refractivity contribution in [3.8, 4) is 0 Å². The molecule has 0 aliphatic carbocycles. The van der Waals surface area contributed by atoms with Crippen molar-refractivity contribution in [3.63, 3.8) is 0 Å². The standard InChI is InChI=1S/C8H15N3S2/c1-4-6-10-7(13-11-6)12-8(2,3)5-9/h4-5,9H2,1-3H3. The van der Waals surface area contributed by atoms with Crippen LogP contribution in [0, 0.1) is 0 Å². The molecule has 0 amide bonds. The van der Waals surface area contributed by atoms with Crippen molar-refractivity contribution >= 4 is 23.3 Å². The highest BCUT2D eigenvalue weighted by molar-refractivity contribution is 8.02. The highest BCUT2D eigenvalue weighted by Gasteiger charge is 2.19. The summed E-state index contributed by atoms with van der Waals surface area (Å²) in [7, 11) is 0. The molecule has 5 heteroatoms. The zero-order valence-electron chi connectivity index (χ0n) is 8.20. The van der Waals surface area contributed by atoms with E-state index in [2.05, 4.69) is 30.1 Å². The molecule has 0 unspecified atom stereocenters. The molecule has 1 aromatic rings. The molecule has 0 saturated carbocycles. The Balaban J connectivity index is 2.63. The van der Waals surface area contributed by atoms with Crippen molar-refractivity contribution in [2.75, 3.05) is 6.54 Å². The van der Waals surface area contributed by atoms with Crippen LogP contribution in [-0.4, -0.2) is 20.6 Å². The molecule has 1 rings (SSSR count). The maximum atomic E-state index is 5.63. The van der Waals surface area contributed by atoms with Crippen LogP contribution < -0.4 is 5.73 Å². The normalized spacial score (nSPS) is 12.0. The quantitative estimate of drug-likeness (QED) is 0.783.